The smallest absolute Gasteiger partial charge is 0.328 e. The molecule has 208 valence electrons. The summed E-state index contributed by atoms with van der Waals surface area (Å²) in [5.41, 5.74) is 4.97. The van der Waals surface area contributed by atoms with Crippen LogP contribution in [0.5, 0.6) is 0 Å². The second-order valence-electron chi connectivity index (χ2n) is 11.1. The van der Waals surface area contributed by atoms with Crippen LogP contribution in [0.15, 0.2) is 36.5 Å². The van der Waals surface area contributed by atoms with Crippen molar-refractivity contribution in [1.29, 1.82) is 0 Å². The third-order valence-corrected chi connectivity index (χ3v) is 6.56. The number of aliphatic hydroxyl groups is 1. The Kier molecular flexibility index (Phi) is 14.5. The van der Waals surface area contributed by atoms with Crippen molar-refractivity contribution in [2.24, 2.45) is 28.9 Å². The summed E-state index contributed by atoms with van der Waals surface area (Å²) in [6.07, 6.45) is 12.9. The number of nitrogens with one attached hydrogen (secondary N) is 2. The SMILES string of the molecule is CCC(C)NC(O)/C=C/CC(OC(=O)C(CC(C)C)NC(=O)C(C)(C)CN)C(C)/C=C/C1C=CC#CC1. The lowest BCUT2D eigenvalue weighted by Gasteiger charge is -2.28. The molecule has 0 heterocycles. The fourth-order valence-electron chi connectivity index (χ4n) is 3.59. The molecule has 0 radical (unpaired) electrons. The molecule has 0 bridgehead atoms. The van der Waals surface area contributed by atoms with Gasteiger partial charge in [-0.05, 0) is 51.7 Å². The van der Waals surface area contributed by atoms with Crippen molar-refractivity contribution < 1.29 is 19.4 Å². The van der Waals surface area contributed by atoms with Gasteiger partial charge in [-0.3, -0.25) is 10.1 Å². The number of amides is 1. The van der Waals surface area contributed by atoms with Gasteiger partial charge in [0, 0.05) is 37.3 Å². The summed E-state index contributed by atoms with van der Waals surface area (Å²) in [6, 6.07) is -0.588. The molecule has 7 nitrogen and oxygen atoms in total. The highest BCUT2D eigenvalue weighted by molar-refractivity contribution is 5.87. The van der Waals surface area contributed by atoms with E-state index < -0.39 is 29.8 Å². The Bertz CT molecular complexity index is 866. The maximum Gasteiger partial charge on any atom is 0.328 e. The molecule has 7 heteroatoms. The summed E-state index contributed by atoms with van der Waals surface area (Å²) >= 11 is 0. The van der Waals surface area contributed by atoms with E-state index in [1.165, 1.54) is 0 Å². The normalized spacial score (nSPS) is 19.8. The Labute approximate surface area is 224 Å². The van der Waals surface area contributed by atoms with Crippen LogP contribution in [0.4, 0.5) is 0 Å². The molecule has 0 aliphatic heterocycles. The lowest BCUT2D eigenvalue weighted by atomic mass is 9.91. The number of esters is 1. The monoisotopic (exact) mass is 515 g/mol. The van der Waals surface area contributed by atoms with Crippen LogP contribution in [0.25, 0.3) is 0 Å². The fraction of sp³-hybridized carbons (Fsp3) is 0.667. The highest BCUT2D eigenvalue weighted by Crippen LogP contribution is 2.20. The van der Waals surface area contributed by atoms with Crippen molar-refractivity contribution in [2.45, 2.75) is 98.6 Å². The lowest BCUT2D eigenvalue weighted by Crippen LogP contribution is -2.50. The van der Waals surface area contributed by atoms with Gasteiger partial charge >= 0.3 is 5.97 Å². The predicted molar refractivity (Wildman–Crippen MR) is 150 cm³/mol. The lowest BCUT2D eigenvalue weighted by molar-refractivity contribution is -0.155. The van der Waals surface area contributed by atoms with Crippen molar-refractivity contribution in [3.05, 3.63) is 36.5 Å². The maximum absolute atomic E-state index is 13.3. The van der Waals surface area contributed by atoms with Crippen LogP contribution >= 0.6 is 0 Å². The number of aliphatic hydroxyl groups excluding tert-OH is 1. The van der Waals surface area contributed by atoms with E-state index in [-0.39, 0.29) is 36.2 Å². The summed E-state index contributed by atoms with van der Waals surface area (Å²) in [6.45, 7) is 13.7. The van der Waals surface area contributed by atoms with Gasteiger partial charge in [-0.2, -0.15) is 0 Å². The van der Waals surface area contributed by atoms with Gasteiger partial charge in [0.25, 0.3) is 0 Å². The predicted octanol–water partition coefficient (Wildman–Crippen LogP) is 3.84. The van der Waals surface area contributed by atoms with Gasteiger partial charge in [-0.1, -0.05) is 63.8 Å². The molecule has 1 rings (SSSR count). The number of hydrogen-bond donors (Lipinski definition) is 4. The number of hydrogen-bond acceptors (Lipinski definition) is 6. The van der Waals surface area contributed by atoms with Crippen LogP contribution in [-0.4, -0.2) is 47.9 Å². The zero-order chi connectivity index (χ0) is 28.0. The summed E-state index contributed by atoms with van der Waals surface area (Å²) < 4.78 is 6.01. The van der Waals surface area contributed by atoms with Gasteiger partial charge in [0.1, 0.15) is 18.4 Å². The molecule has 5 N–H and O–H groups in total. The first-order valence-corrected chi connectivity index (χ1v) is 13.5. The van der Waals surface area contributed by atoms with Crippen LogP contribution < -0.4 is 16.4 Å². The molecule has 1 amide bonds. The number of nitrogens with two attached hydrogens (primary N) is 1. The molecule has 37 heavy (non-hydrogen) atoms. The number of rotatable bonds is 16. The Balaban J connectivity index is 3.03. The Morgan fingerprint density at radius 2 is 1.95 bits per heavy atom. The first-order chi connectivity index (χ1) is 17.4. The average molecular weight is 516 g/mol. The van der Waals surface area contributed by atoms with Crippen molar-refractivity contribution in [3.8, 4) is 11.8 Å². The van der Waals surface area contributed by atoms with Crippen LogP contribution in [0.3, 0.4) is 0 Å². The summed E-state index contributed by atoms with van der Waals surface area (Å²) in [5, 5.41) is 16.2. The minimum absolute atomic E-state index is 0.0903. The van der Waals surface area contributed by atoms with Gasteiger partial charge in [-0.15, -0.1) is 0 Å². The van der Waals surface area contributed by atoms with Crippen LogP contribution in [-0.2, 0) is 14.3 Å². The molecule has 0 aromatic heterocycles. The number of carbonyl (C=O) groups is 2. The zero-order valence-electron chi connectivity index (χ0n) is 23.8. The van der Waals surface area contributed by atoms with E-state index in [2.05, 4.69) is 40.7 Å². The Morgan fingerprint density at radius 3 is 2.51 bits per heavy atom. The standard InChI is InChI=1S/C30H49N3O4/c1-8-23(5)32-27(34)16-12-15-26(22(4)17-18-24-13-10-9-11-14-24)37-28(35)25(19-21(2)3)33-29(36)30(6,7)20-31/h10,12-13,16-18,21-27,32,34H,8,14-15,19-20,31H2,1-7H3,(H,33,36)/b16-12+,18-17+. The van der Waals surface area contributed by atoms with Crippen molar-refractivity contribution in [2.75, 3.05) is 6.54 Å². The molecular formula is C30H49N3O4. The molecule has 1 aliphatic carbocycles. The summed E-state index contributed by atoms with van der Waals surface area (Å²) in [7, 11) is 0. The first kappa shape index (κ1) is 32.6. The molecule has 0 spiro atoms. The van der Waals surface area contributed by atoms with Crippen LogP contribution in [0.2, 0.25) is 0 Å². The van der Waals surface area contributed by atoms with Gasteiger partial charge in [0.15, 0.2) is 0 Å². The van der Waals surface area contributed by atoms with Crippen molar-refractivity contribution >= 4 is 11.9 Å². The topological polar surface area (TPSA) is 114 Å². The zero-order valence-corrected chi connectivity index (χ0v) is 23.8. The van der Waals surface area contributed by atoms with Gasteiger partial charge < -0.3 is 20.9 Å². The van der Waals surface area contributed by atoms with Gasteiger partial charge in [0.2, 0.25) is 5.91 Å². The number of carbonyl (C=O) groups excluding carboxylic acids is 2. The quantitative estimate of drug-likeness (QED) is 0.108. The van der Waals surface area contributed by atoms with E-state index in [1.54, 1.807) is 19.9 Å². The molecule has 0 saturated heterocycles. The van der Waals surface area contributed by atoms with Crippen molar-refractivity contribution in [3.63, 3.8) is 0 Å². The van der Waals surface area contributed by atoms with E-state index in [0.717, 1.165) is 12.8 Å². The highest BCUT2D eigenvalue weighted by Gasteiger charge is 2.32. The molecule has 0 saturated carbocycles. The summed E-state index contributed by atoms with van der Waals surface area (Å²) in [4.78, 5) is 26.1. The first-order valence-electron chi connectivity index (χ1n) is 13.5. The second kappa shape index (κ2) is 16.4. The van der Waals surface area contributed by atoms with Gasteiger partial charge in [0.05, 0.1) is 5.41 Å². The highest BCUT2D eigenvalue weighted by atomic mass is 16.5. The van der Waals surface area contributed by atoms with Crippen LogP contribution in [0, 0.1) is 35.0 Å². The fourth-order valence-corrected chi connectivity index (χ4v) is 3.59. The van der Waals surface area contributed by atoms with E-state index in [9.17, 15) is 14.7 Å². The van der Waals surface area contributed by atoms with E-state index in [0.29, 0.717) is 12.8 Å². The molecule has 1 aliphatic rings. The van der Waals surface area contributed by atoms with Crippen molar-refractivity contribution in [1.82, 2.24) is 10.6 Å². The minimum atomic E-state index is -0.789. The van der Waals surface area contributed by atoms with E-state index in [4.69, 9.17) is 10.5 Å². The summed E-state index contributed by atoms with van der Waals surface area (Å²) in [5.74, 6) is 5.61. The Hall–Kier alpha value is -2.40. The third kappa shape index (κ3) is 12.6. The largest absolute Gasteiger partial charge is 0.460 e. The van der Waals surface area contributed by atoms with E-state index >= 15 is 0 Å². The molecular weight excluding hydrogens is 466 g/mol. The number of ether oxygens (including phenoxy) is 1. The molecule has 6 unspecified atom stereocenters. The molecule has 0 fully saturated rings. The molecule has 0 aromatic rings. The van der Waals surface area contributed by atoms with Crippen LogP contribution in [0.1, 0.15) is 74.1 Å². The Morgan fingerprint density at radius 1 is 1.24 bits per heavy atom. The second-order valence-corrected chi connectivity index (χ2v) is 11.1. The van der Waals surface area contributed by atoms with E-state index in [1.807, 2.05) is 46.8 Å². The van der Waals surface area contributed by atoms with Gasteiger partial charge in [-0.25, -0.2) is 4.79 Å². The third-order valence-electron chi connectivity index (χ3n) is 6.56. The average Bonchev–Trinajstić information content (AvgIpc) is 2.86. The molecule has 0 aromatic carbocycles. The molecule has 6 atom stereocenters. The number of allylic oxidation sites excluding steroid dienone is 3. The minimum Gasteiger partial charge on any atom is -0.460 e. The maximum atomic E-state index is 13.3.